The van der Waals surface area contributed by atoms with Gasteiger partial charge in [0.15, 0.2) is 5.06 Å². The molecule has 2 aliphatic rings. The van der Waals surface area contributed by atoms with Gasteiger partial charge in [-0.05, 0) is 43.5 Å². The molecule has 3 atom stereocenters. The Hall–Kier alpha value is -1.56. The van der Waals surface area contributed by atoms with Crippen LogP contribution >= 0.6 is 22.9 Å². The van der Waals surface area contributed by atoms with Crippen molar-refractivity contribution in [3.8, 4) is 10.8 Å². The van der Waals surface area contributed by atoms with Gasteiger partial charge in [0.25, 0.3) is 5.91 Å². The standard InChI is InChI=1S/C17H17ClN2O2S/c18-11-3-1-2-4-14(11)22-16-8-7-15(23-16)17(21)20-13-9-10-5-6-12(13)19-10/h1-4,7-8,10,12-13,19H,5-6,9H2,(H,20,21). The summed E-state index contributed by atoms with van der Waals surface area (Å²) in [7, 11) is 0. The van der Waals surface area contributed by atoms with E-state index in [9.17, 15) is 4.79 Å². The lowest BCUT2D eigenvalue weighted by atomic mass is 9.95. The fraction of sp³-hybridized carbons (Fsp3) is 0.353. The van der Waals surface area contributed by atoms with Crippen LogP contribution in [0.15, 0.2) is 36.4 Å². The number of amides is 1. The van der Waals surface area contributed by atoms with E-state index in [-0.39, 0.29) is 11.9 Å². The highest BCUT2D eigenvalue weighted by Gasteiger charge is 2.39. The number of halogens is 1. The Morgan fingerprint density at radius 3 is 2.87 bits per heavy atom. The minimum Gasteiger partial charge on any atom is -0.445 e. The molecular formula is C17H17ClN2O2S. The third-order valence-corrected chi connectivity index (χ3v) is 5.74. The summed E-state index contributed by atoms with van der Waals surface area (Å²) in [5.74, 6) is 0.573. The zero-order valence-electron chi connectivity index (χ0n) is 12.4. The van der Waals surface area contributed by atoms with E-state index in [0.717, 1.165) is 12.8 Å². The fourth-order valence-electron chi connectivity index (χ4n) is 3.36. The Morgan fingerprint density at radius 2 is 2.13 bits per heavy atom. The lowest BCUT2D eigenvalue weighted by Crippen LogP contribution is -2.42. The lowest BCUT2D eigenvalue weighted by Gasteiger charge is -2.20. The second-order valence-corrected chi connectivity index (χ2v) is 7.47. The van der Waals surface area contributed by atoms with E-state index in [2.05, 4.69) is 10.6 Å². The monoisotopic (exact) mass is 348 g/mol. The van der Waals surface area contributed by atoms with Gasteiger partial charge in [0.2, 0.25) is 0 Å². The SMILES string of the molecule is O=C(NC1CC2CCC1N2)c1ccc(Oc2ccccc2Cl)s1. The topological polar surface area (TPSA) is 50.4 Å². The second kappa shape index (κ2) is 6.15. The summed E-state index contributed by atoms with van der Waals surface area (Å²) in [6, 6.07) is 12.2. The zero-order chi connectivity index (χ0) is 15.8. The molecule has 0 spiro atoms. The summed E-state index contributed by atoms with van der Waals surface area (Å²) in [6.07, 6.45) is 3.41. The van der Waals surface area contributed by atoms with Crippen LogP contribution in [-0.2, 0) is 0 Å². The Balaban J connectivity index is 1.41. The average molecular weight is 349 g/mol. The molecule has 4 nitrogen and oxygen atoms in total. The highest BCUT2D eigenvalue weighted by Crippen LogP contribution is 2.34. The van der Waals surface area contributed by atoms with Crippen LogP contribution in [0.4, 0.5) is 0 Å². The van der Waals surface area contributed by atoms with Crippen LogP contribution in [0.25, 0.3) is 0 Å². The molecule has 0 aliphatic carbocycles. The smallest absolute Gasteiger partial charge is 0.261 e. The average Bonchev–Trinajstić information content (AvgIpc) is 3.26. The molecular weight excluding hydrogens is 332 g/mol. The van der Waals surface area contributed by atoms with Crippen LogP contribution in [0.2, 0.25) is 5.02 Å². The van der Waals surface area contributed by atoms with Crippen LogP contribution < -0.4 is 15.4 Å². The number of ether oxygens (including phenoxy) is 1. The normalized spacial score (nSPS) is 25.5. The predicted molar refractivity (Wildman–Crippen MR) is 91.7 cm³/mol. The van der Waals surface area contributed by atoms with Crippen molar-refractivity contribution >= 4 is 28.8 Å². The van der Waals surface area contributed by atoms with Crippen LogP contribution in [-0.4, -0.2) is 24.0 Å². The number of rotatable bonds is 4. The summed E-state index contributed by atoms with van der Waals surface area (Å²) >= 11 is 7.42. The molecule has 4 rings (SSSR count). The van der Waals surface area contributed by atoms with Crippen molar-refractivity contribution in [1.82, 2.24) is 10.6 Å². The molecule has 2 bridgehead atoms. The minimum absolute atomic E-state index is 0.0247. The van der Waals surface area contributed by atoms with Gasteiger partial charge in [-0.15, -0.1) is 0 Å². The summed E-state index contributed by atoms with van der Waals surface area (Å²) in [5.41, 5.74) is 0. The van der Waals surface area contributed by atoms with Gasteiger partial charge < -0.3 is 15.4 Å². The number of carbonyl (C=O) groups excluding carboxylic acids is 1. The molecule has 2 aromatic rings. The van der Waals surface area contributed by atoms with E-state index in [1.807, 2.05) is 24.3 Å². The van der Waals surface area contributed by atoms with Crippen LogP contribution in [0.1, 0.15) is 28.9 Å². The molecule has 3 unspecified atom stereocenters. The Labute approximate surface area is 143 Å². The van der Waals surface area contributed by atoms with E-state index in [4.69, 9.17) is 16.3 Å². The molecule has 1 aromatic carbocycles. The first kappa shape index (κ1) is 15.0. The number of nitrogens with one attached hydrogen (secondary N) is 2. The van der Waals surface area contributed by atoms with Crippen molar-refractivity contribution in [2.24, 2.45) is 0 Å². The number of benzene rings is 1. The molecule has 2 aliphatic heterocycles. The van der Waals surface area contributed by atoms with Gasteiger partial charge in [-0.2, -0.15) is 0 Å². The Morgan fingerprint density at radius 1 is 1.26 bits per heavy atom. The summed E-state index contributed by atoms with van der Waals surface area (Å²) in [6.45, 7) is 0. The van der Waals surface area contributed by atoms with Crippen molar-refractivity contribution < 1.29 is 9.53 Å². The molecule has 1 aromatic heterocycles. The molecule has 2 N–H and O–H groups in total. The zero-order valence-corrected chi connectivity index (χ0v) is 14.0. The van der Waals surface area contributed by atoms with Crippen molar-refractivity contribution in [1.29, 1.82) is 0 Å². The number of carbonyl (C=O) groups is 1. The first-order valence-corrected chi connectivity index (χ1v) is 8.97. The molecule has 2 saturated heterocycles. The second-order valence-electron chi connectivity index (χ2n) is 6.01. The van der Waals surface area contributed by atoms with Gasteiger partial charge >= 0.3 is 0 Å². The van der Waals surface area contributed by atoms with Crippen molar-refractivity contribution in [2.75, 3.05) is 0 Å². The van der Waals surface area contributed by atoms with E-state index < -0.39 is 0 Å². The molecule has 23 heavy (non-hydrogen) atoms. The van der Waals surface area contributed by atoms with Gasteiger partial charge in [0, 0.05) is 18.1 Å². The van der Waals surface area contributed by atoms with Crippen molar-refractivity contribution in [3.63, 3.8) is 0 Å². The molecule has 6 heteroatoms. The van der Waals surface area contributed by atoms with E-state index in [1.54, 1.807) is 12.1 Å². The largest absolute Gasteiger partial charge is 0.445 e. The van der Waals surface area contributed by atoms with Gasteiger partial charge in [-0.1, -0.05) is 35.1 Å². The number of thiophene rings is 1. The van der Waals surface area contributed by atoms with Crippen LogP contribution in [0.5, 0.6) is 10.8 Å². The first-order valence-electron chi connectivity index (χ1n) is 7.78. The molecule has 0 radical (unpaired) electrons. The first-order chi connectivity index (χ1) is 11.2. The Bertz CT molecular complexity index is 733. The number of para-hydroxylation sites is 1. The molecule has 1 amide bonds. The van der Waals surface area contributed by atoms with Crippen molar-refractivity contribution in [3.05, 3.63) is 46.3 Å². The molecule has 0 saturated carbocycles. The maximum absolute atomic E-state index is 12.4. The molecule has 2 fully saturated rings. The summed E-state index contributed by atoms with van der Waals surface area (Å²) < 4.78 is 5.75. The number of fused-ring (bicyclic) bond motifs is 2. The van der Waals surface area contributed by atoms with Crippen LogP contribution in [0.3, 0.4) is 0 Å². The van der Waals surface area contributed by atoms with Crippen LogP contribution in [0, 0.1) is 0 Å². The van der Waals surface area contributed by atoms with Crippen molar-refractivity contribution in [2.45, 2.75) is 37.4 Å². The predicted octanol–water partition coefficient (Wildman–Crippen LogP) is 3.82. The third-order valence-electron chi connectivity index (χ3n) is 4.47. The highest BCUT2D eigenvalue weighted by molar-refractivity contribution is 7.15. The fourth-order valence-corrected chi connectivity index (χ4v) is 4.30. The minimum atomic E-state index is -0.0247. The van der Waals surface area contributed by atoms with E-state index >= 15 is 0 Å². The van der Waals surface area contributed by atoms with Gasteiger partial charge in [-0.25, -0.2) is 0 Å². The quantitative estimate of drug-likeness (QED) is 0.883. The maximum atomic E-state index is 12.4. The lowest BCUT2D eigenvalue weighted by molar-refractivity contribution is 0.0935. The van der Waals surface area contributed by atoms with Gasteiger partial charge in [0.05, 0.1) is 9.90 Å². The van der Waals surface area contributed by atoms with Gasteiger partial charge in [-0.3, -0.25) is 4.79 Å². The number of hydrogen-bond acceptors (Lipinski definition) is 4. The summed E-state index contributed by atoms with van der Waals surface area (Å²) in [5, 5.41) is 7.89. The molecule has 3 heterocycles. The summed E-state index contributed by atoms with van der Waals surface area (Å²) in [4.78, 5) is 13.1. The molecule has 120 valence electrons. The van der Waals surface area contributed by atoms with E-state index in [1.165, 1.54) is 17.8 Å². The third kappa shape index (κ3) is 3.09. The van der Waals surface area contributed by atoms with Gasteiger partial charge in [0.1, 0.15) is 5.75 Å². The maximum Gasteiger partial charge on any atom is 0.261 e. The Kier molecular flexibility index (Phi) is 4.01. The number of hydrogen-bond donors (Lipinski definition) is 2. The highest BCUT2D eigenvalue weighted by atomic mass is 35.5. The van der Waals surface area contributed by atoms with E-state index in [0.29, 0.717) is 32.8 Å².